The molecule has 0 radical (unpaired) electrons. The van der Waals surface area contributed by atoms with Crippen molar-refractivity contribution < 1.29 is 14.3 Å². The highest BCUT2D eigenvalue weighted by atomic mass is 16.5. The van der Waals surface area contributed by atoms with E-state index in [-0.39, 0.29) is 11.8 Å². The molecule has 2 aromatic rings. The zero-order valence-corrected chi connectivity index (χ0v) is 18.0. The maximum absolute atomic E-state index is 12.6. The summed E-state index contributed by atoms with van der Waals surface area (Å²) in [5, 5.41) is 3.00. The summed E-state index contributed by atoms with van der Waals surface area (Å²) >= 11 is 0. The average Bonchev–Trinajstić information content (AvgIpc) is 3.35. The first-order valence-corrected chi connectivity index (χ1v) is 11.3. The van der Waals surface area contributed by atoms with Crippen molar-refractivity contribution in [3.8, 4) is 11.5 Å². The van der Waals surface area contributed by atoms with Gasteiger partial charge in [0.25, 0.3) is 5.91 Å². The minimum absolute atomic E-state index is 0.103. The zero-order chi connectivity index (χ0) is 21.5. The summed E-state index contributed by atoms with van der Waals surface area (Å²) in [4.78, 5) is 29.4. The highest BCUT2D eigenvalue weighted by Gasteiger charge is 2.29. The van der Waals surface area contributed by atoms with Gasteiger partial charge in [0.15, 0.2) is 0 Å². The van der Waals surface area contributed by atoms with Crippen LogP contribution in [0.4, 0.5) is 0 Å². The quantitative estimate of drug-likeness (QED) is 0.743. The Labute approximate surface area is 184 Å². The maximum Gasteiger partial charge on any atom is 0.251 e. The molecule has 2 amide bonds. The standard InChI is InChI=1S/C25H31N3O3/c29-24(21-9-6-12-23(19-21)31-22-10-2-1-3-11-22)26-13-14-27-15-17-28(18-16-27)25(30)20-7-4-5-8-20/h1-3,6,9-12,19-20H,4-5,7-8,13-18H2,(H,26,29). The summed E-state index contributed by atoms with van der Waals surface area (Å²) in [5.74, 6) is 1.89. The molecule has 2 aromatic carbocycles. The first-order chi connectivity index (χ1) is 15.2. The number of amides is 2. The molecule has 0 aromatic heterocycles. The van der Waals surface area contributed by atoms with Crippen molar-refractivity contribution in [3.63, 3.8) is 0 Å². The van der Waals surface area contributed by atoms with Gasteiger partial charge in [-0.05, 0) is 43.2 Å². The molecule has 1 heterocycles. The largest absolute Gasteiger partial charge is 0.457 e. The average molecular weight is 422 g/mol. The van der Waals surface area contributed by atoms with Crippen molar-refractivity contribution in [3.05, 3.63) is 60.2 Å². The predicted molar refractivity (Wildman–Crippen MR) is 120 cm³/mol. The van der Waals surface area contributed by atoms with E-state index in [4.69, 9.17) is 4.74 Å². The number of rotatable bonds is 7. The van der Waals surface area contributed by atoms with Crippen molar-refractivity contribution >= 4 is 11.8 Å². The van der Waals surface area contributed by atoms with Crippen LogP contribution >= 0.6 is 0 Å². The third-order valence-corrected chi connectivity index (χ3v) is 6.18. The number of ether oxygens (including phenoxy) is 1. The lowest BCUT2D eigenvalue weighted by Crippen LogP contribution is -2.51. The predicted octanol–water partition coefficient (Wildman–Crippen LogP) is 3.54. The van der Waals surface area contributed by atoms with E-state index in [1.54, 1.807) is 12.1 Å². The van der Waals surface area contributed by atoms with Crippen LogP contribution in [0.15, 0.2) is 54.6 Å². The van der Waals surface area contributed by atoms with E-state index in [2.05, 4.69) is 10.2 Å². The Kier molecular flexibility index (Phi) is 7.20. The second-order valence-corrected chi connectivity index (χ2v) is 8.35. The van der Waals surface area contributed by atoms with Gasteiger partial charge in [-0.3, -0.25) is 14.5 Å². The van der Waals surface area contributed by atoms with Crippen LogP contribution in [0, 0.1) is 5.92 Å². The molecule has 0 spiro atoms. The first kappa shape index (κ1) is 21.4. The van der Waals surface area contributed by atoms with Crippen molar-refractivity contribution in [1.82, 2.24) is 15.1 Å². The van der Waals surface area contributed by atoms with Crippen LogP contribution in [0.2, 0.25) is 0 Å². The van der Waals surface area contributed by atoms with Gasteiger partial charge in [0, 0.05) is 50.7 Å². The Bertz CT molecular complexity index is 873. The fourth-order valence-electron chi connectivity index (χ4n) is 4.38. The van der Waals surface area contributed by atoms with E-state index >= 15 is 0 Å². The van der Waals surface area contributed by atoms with Crippen LogP contribution in [0.25, 0.3) is 0 Å². The van der Waals surface area contributed by atoms with Crippen molar-refractivity contribution in [2.24, 2.45) is 5.92 Å². The van der Waals surface area contributed by atoms with Crippen LogP contribution in [0.5, 0.6) is 11.5 Å². The molecule has 6 heteroatoms. The fraction of sp³-hybridized carbons (Fsp3) is 0.440. The Morgan fingerprint density at radius 3 is 2.35 bits per heavy atom. The molecule has 0 atom stereocenters. The van der Waals surface area contributed by atoms with E-state index in [0.717, 1.165) is 51.3 Å². The highest BCUT2D eigenvalue weighted by Crippen LogP contribution is 2.27. The number of hydrogen-bond donors (Lipinski definition) is 1. The van der Waals surface area contributed by atoms with Gasteiger partial charge in [-0.1, -0.05) is 37.1 Å². The number of hydrogen-bond acceptors (Lipinski definition) is 4. The lowest BCUT2D eigenvalue weighted by Gasteiger charge is -2.36. The van der Waals surface area contributed by atoms with Gasteiger partial charge in [0.2, 0.25) is 5.91 Å². The molecule has 31 heavy (non-hydrogen) atoms. The van der Waals surface area contributed by atoms with Crippen molar-refractivity contribution in [2.75, 3.05) is 39.3 Å². The van der Waals surface area contributed by atoms with Gasteiger partial charge < -0.3 is 15.0 Å². The molecule has 2 aliphatic rings. The number of carbonyl (C=O) groups excluding carboxylic acids is 2. The van der Waals surface area contributed by atoms with Gasteiger partial charge in [0.1, 0.15) is 11.5 Å². The second-order valence-electron chi connectivity index (χ2n) is 8.35. The van der Waals surface area contributed by atoms with Crippen LogP contribution in [0.1, 0.15) is 36.0 Å². The van der Waals surface area contributed by atoms with Crippen molar-refractivity contribution in [1.29, 1.82) is 0 Å². The summed E-state index contributed by atoms with van der Waals surface area (Å²) in [6, 6.07) is 16.7. The van der Waals surface area contributed by atoms with Crippen LogP contribution in [0.3, 0.4) is 0 Å². The van der Waals surface area contributed by atoms with E-state index in [9.17, 15) is 9.59 Å². The van der Waals surface area contributed by atoms with E-state index in [1.807, 2.05) is 47.4 Å². The Balaban J connectivity index is 1.19. The highest BCUT2D eigenvalue weighted by molar-refractivity contribution is 5.94. The second kappa shape index (κ2) is 10.4. The lowest BCUT2D eigenvalue weighted by atomic mass is 10.1. The molecule has 1 aliphatic heterocycles. The fourth-order valence-corrected chi connectivity index (χ4v) is 4.38. The number of para-hydroxylation sites is 1. The molecule has 1 saturated heterocycles. The molecule has 4 rings (SSSR count). The first-order valence-electron chi connectivity index (χ1n) is 11.3. The topological polar surface area (TPSA) is 61.9 Å². The van der Waals surface area contributed by atoms with Gasteiger partial charge >= 0.3 is 0 Å². The zero-order valence-electron chi connectivity index (χ0n) is 18.0. The van der Waals surface area contributed by atoms with E-state index in [1.165, 1.54) is 12.8 Å². The molecule has 1 saturated carbocycles. The van der Waals surface area contributed by atoms with Crippen LogP contribution in [-0.2, 0) is 4.79 Å². The molecule has 0 bridgehead atoms. The third-order valence-electron chi connectivity index (χ3n) is 6.18. The van der Waals surface area contributed by atoms with Crippen molar-refractivity contribution in [2.45, 2.75) is 25.7 Å². The number of nitrogens with one attached hydrogen (secondary N) is 1. The van der Waals surface area contributed by atoms with E-state index in [0.29, 0.717) is 23.8 Å². The number of carbonyl (C=O) groups is 2. The van der Waals surface area contributed by atoms with Gasteiger partial charge in [-0.25, -0.2) is 0 Å². The summed E-state index contributed by atoms with van der Waals surface area (Å²) in [6.07, 6.45) is 4.50. The molecule has 164 valence electrons. The molecule has 2 fully saturated rings. The molecular formula is C25H31N3O3. The van der Waals surface area contributed by atoms with Crippen LogP contribution < -0.4 is 10.1 Å². The minimum Gasteiger partial charge on any atom is -0.457 e. The maximum atomic E-state index is 12.6. The smallest absolute Gasteiger partial charge is 0.251 e. The number of nitrogens with zero attached hydrogens (tertiary/aromatic N) is 2. The Morgan fingerprint density at radius 2 is 1.61 bits per heavy atom. The molecule has 1 aliphatic carbocycles. The molecule has 0 unspecified atom stereocenters. The summed E-state index contributed by atoms with van der Waals surface area (Å²) in [6.45, 7) is 4.70. The molecule has 6 nitrogen and oxygen atoms in total. The monoisotopic (exact) mass is 421 g/mol. The van der Waals surface area contributed by atoms with Gasteiger partial charge in [-0.15, -0.1) is 0 Å². The lowest BCUT2D eigenvalue weighted by molar-refractivity contribution is -0.137. The van der Waals surface area contributed by atoms with E-state index < -0.39 is 0 Å². The van der Waals surface area contributed by atoms with Gasteiger partial charge in [-0.2, -0.15) is 0 Å². The summed E-state index contributed by atoms with van der Waals surface area (Å²) in [5.41, 5.74) is 0.584. The SMILES string of the molecule is O=C(NCCN1CCN(C(=O)C2CCCC2)CC1)c1cccc(Oc2ccccc2)c1. The summed E-state index contributed by atoms with van der Waals surface area (Å²) < 4.78 is 5.81. The normalized spacial score (nSPS) is 17.5. The summed E-state index contributed by atoms with van der Waals surface area (Å²) in [7, 11) is 0. The molecule has 1 N–H and O–H groups in total. The third kappa shape index (κ3) is 5.85. The molecular weight excluding hydrogens is 390 g/mol. The minimum atomic E-state index is -0.103. The number of piperazine rings is 1. The Hall–Kier alpha value is -2.86. The number of benzene rings is 2. The Morgan fingerprint density at radius 1 is 0.903 bits per heavy atom. The van der Waals surface area contributed by atoms with Crippen LogP contribution in [-0.4, -0.2) is 60.9 Å². The van der Waals surface area contributed by atoms with Gasteiger partial charge in [0.05, 0.1) is 0 Å².